The van der Waals surface area contributed by atoms with Crippen molar-refractivity contribution in [3.8, 4) is 0 Å². The van der Waals surface area contributed by atoms with Gasteiger partial charge in [0.1, 0.15) is 11.6 Å². The van der Waals surface area contributed by atoms with Gasteiger partial charge in [0.2, 0.25) is 0 Å². The number of para-hydroxylation sites is 2. The van der Waals surface area contributed by atoms with E-state index >= 15 is 0 Å². The highest BCUT2D eigenvalue weighted by Gasteiger charge is 2.45. The van der Waals surface area contributed by atoms with Gasteiger partial charge in [0.15, 0.2) is 0 Å². The Labute approximate surface area is 167 Å². The molecule has 6 rings (SSSR count). The third-order valence-corrected chi connectivity index (χ3v) is 6.63. The van der Waals surface area contributed by atoms with Gasteiger partial charge in [-0.2, -0.15) is 0 Å². The molecule has 1 fully saturated rings. The molecule has 29 heavy (non-hydrogen) atoms. The fourth-order valence-corrected chi connectivity index (χ4v) is 5.35. The molecule has 5 heteroatoms. The van der Waals surface area contributed by atoms with Crippen molar-refractivity contribution in [2.75, 3.05) is 0 Å². The van der Waals surface area contributed by atoms with Gasteiger partial charge in [-0.05, 0) is 23.6 Å². The van der Waals surface area contributed by atoms with Crippen molar-refractivity contribution in [2.45, 2.75) is 37.3 Å². The first kappa shape index (κ1) is 16.7. The summed E-state index contributed by atoms with van der Waals surface area (Å²) in [7, 11) is 0. The third kappa shape index (κ3) is 2.25. The second-order valence-electron chi connectivity index (χ2n) is 8.18. The molecule has 144 valence electrons. The zero-order valence-electron chi connectivity index (χ0n) is 15.8. The lowest BCUT2D eigenvalue weighted by Crippen LogP contribution is -2.14. The molecular formula is C24H20N2O3. The van der Waals surface area contributed by atoms with Crippen LogP contribution in [0.25, 0.3) is 21.8 Å². The van der Waals surface area contributed by atoms with Crippen LogP contribution in [0.3, 0.4) is 0 Å². The van der Waals surface area contributed by atoms with Crippen molar-refractivity contribution in [2.24, 2.45) is 0 Å². The molecule has 0 radical (unpaired) electrons. The zero-order valence-corrected chi connectivity index (χ0v) is 15.8. The maximum Gasteiger partial charge on any atom is 0.148 e. The highest BCUT2D eigenvalue weighted by molar-refractivity contribution is 6.15. The number of aryl methyl sites for hydroxylation is 1. The van der Waals surface area contributed by atoms with Gasteiger partial charge in [-0.1, -0.05) is 36.4 Å². The molecule has 0 spiro atoms. The summed E-state index contributed by atoms with van der Waals surface area (Å²) < 4.78 is 2.13. The lowest BCUT2D eigenvalue weighted by atomic mass is 9.82. The third-order valence-electron chi connectivity index (χ3n) is 6.63. The van der Waals surface area contributed by atoms with E-state index in [0.717, 1.165) is 38.5 Å². The van der Waals surface area contributed by atoms with E-state index in [9.17, 15) is 14.7 Å². The molecule has 0 unspecified atom stereocenters. The Kier molecular flexibility index (Phi) is 3.41. The van der Waals surface area contributed by atoms with E-state index < -0.39 is 17.9 Å². The molecule has 5 nitrogen and oxygen atoms in total. The number of carbonyl (C=O) groups excluding carboxylic acids is 2. The number of rotatable bonds is 2. The number of benzene rings is 2. The minimum absolute atomic E-state index is 0.0169. The SMILES string of the molecule is O=C1CC(=O)[C@H](c2cn3c4c(cccc24)[C@@H](O)CC3)[C@H]1c1c[nH]c2ccccc12. The molecule has 2 aromatic carbocycles. The highest BCUT2D eigenvalue weighted by atomic mass is 16.3. The number of H-pyrrole nitrogens is 1. The van der Waals surface area contributed by atoms with Crippen molar-refractivity contribution in [1.29, 1.82) is 0 Å². The largest absolute Gasteiger partial charge is 0.388 e. The van der Waals surface area contributed by atoms with E-state index in [0.29, 0.717) is 13.0 Å². The van der Waals surface area contributed by atoms with Crippen molar-refractivity contribution in [3.05, 3.63) is 71.5 Å². The molecule has 2 aliphatic rings. The minimum atomic E-state index is -0.490. The second-order valence-corrected chi connectivity index (χ2v) is 8.18. The first-order valence-corrected chi connectivity index (χ1v) is 10.0. The number of hydrogen-bond donors (Lipinski definition) is 2. The van der Waals surface area contributed by atoms with Crippen LogP contribution < -0.4 is 0 Å². The molecule has 3 atom stereocenters. The zero-order chi connectivity index (χ0) is 19.7. The molecule has 2 N–H and O–H groups in total. The van der Waals surface area contributed by atoms with Crippen LogP contribution in [0.2, 0.25) is 0 Å². The monoisotopic (exact) mass is 384 g/mol. The fourth-order valence-electron chi connectivity index (χ4n) is 5.35. The predicted octanol–water partition coefficient (Wildman–Crippen LogP) is 3.97. The molecule has 4 aromatic rings. The van der Waals surface area contributed by atoms with E-state index in [1.165, 1.54) is 0 Å². The summed E-state index contributed by atoms with van der Waals surface area (Å²) >= 11 is 0. The van der Waals surface area contributed by atoms with Crippen molar-refractivity contribution < 1.29 is 14.7 Å². The van der Waals surface area contributed by atoms with Gasteiger partial charge in [-0.15, -0.1) is 0 Å². The number of carbonyl (C=O) groups is 2. The maximum absolute atomic E-state index is 13.0. The average Bonchev–Trinajstić information content (AvgIpc) is 3.38. The Hall–Kier alpha value is -3.18. The normalized spacial score (nSPS) is 24.1. The van der Waals surface area contributed by atoms with Crippen LogP contribution in [-0.2, 0) is 16.1 Å². The van der Waals surface area contributed by atoms with Crippen LogP contribution in [0.15, 0.2) is 54.9 Å². The number of ketones is 2. The number of aliphatic hydroxyl groups is 1. The number of aliphatic hydroxyl groups excluding tert-OH is 1. The number of nitrogens with one attached hydrogen (secondary N) is 1. The number of hydrogen-bond acceptors (Lipinski definition) is 3. The van der Waals surface area contributed by atoms with E-state index in [1.54, 1.807) is 0 Å². The number of nitrogens with zero attached hydrogens (tertiary/aromatic N) is 1. The van der Waals surface area contributed by atoms with Crippen molar-refractivity contribution in [3.63, 3.8) is 0 Å². The summed E-state index contributed by atoms with van der Waals surface area (Å²) in [5.74, 6) is -1.01. The summed E-state index contributed by atoms with van der Waals surface area (Å²) in [6, 6.07) is 13.8. The molecule has 2 aromatic heterocycles. The van der Waals surface area contributed by atoms with Crippen LogP contribution in [-0.4, -0.2) is 26.2 Å². The second kappa shape index (κ2) is 5.91. The van der Waals surface area contributed by atoms with Crippen LogP contribution in [0.1, 0.15) is 47.5 Å². The molecule has 0 saturated heterocycles. The molecule has 0 bridgehead atoms. The smallest absolute Gasteiger partial charge is 0.148 e. The summed E-state index contributed by atoms with van der Waals surface area (Å²) in [6.07, 6.45) is 4.06. The first-order valence-electron chi connectivity index (χ1n) is 10.0. The standard InChI is InChI=1S/C24H20N2O3/c27-19-8-9-26-12-17(14-5-3-6-15(19)24(14)26)23-21(29)10-20(28)22(23)16-11-25-18-7-2-1-4-13(16)18/h1-7,11-12,19,22-23,25,27H,8-10H2/t19-,22-,23-/m0/s1. The van der Waals surface area contributed by atoms with Gasteiger partial charge in [-0.3, -0.25) is 9.59 Å². The topological polar surface area (TPSA) is 75.1 Å². The van der Waals surface area contributed by atoms with Crippen molar-refractivity contribution in [1.82, 2.24) is 9.55 Å². The Morgan fingerprint density at radius 3 is 2.52 bits per heavy atom. The molecule has 0 amide bonds. The lowest BCUT2D eigenvalue weighted by Gasteiger charge is -2.20. The number of aromatic amines is 1. The molecule has 1 saturated carbocycles. The van der Waals surface area contributed by atoms with Gasteiger partial charge in [0.25, 0.3) is 0 Å². The quantitative estimate of drug-likeness (QED) is 0.514. The molecular weight excluding hydrogens is 364 g/mol. The van der Waals surface area contributed by atoms with E-state index in [4.69, 9.17) is 0 Å². The number of aromatic nitrogens is 2. The molecule has 1 aliphatic carbocycles. The van der Waals surface area contributed by atoms with Gasteiger partial charge in [0, 0.05) is 40.8 Å². The Morgan fingerprint density at radius 1 is 0.897 bits per heavy atom. The summed E-state index contributed by atoms with van der Waals surface area (Å²) in [6.45, 7) is 0.710. The predicted molar refractivity (Wildman–Crippen MR) is 110 cm³/mol. The molecule has 1 aliphatic heterocycles. The van der Waals surface area contributed by atoms with Crippen LogP contribution in [0.4, 0.5) is 0 Å². The van der Waals surface area contributed by atoms with Crippen molar-refractivity contribution >= 4 is 33.4 Å². The van der Waals surface area contributed by atoms with E-state index in [2.05, 4.69) is 9.55 Å². The highest BCUT2D eigenvalue weighted by Crippen LogP contribution is 2.47. The Balaban J connectivity index is 1.58. The van der Waals surface area contributed by atoms with Gasteiger partial charge in [0.05, 0.1) is 29.9 Å². The van der Waals surface area contributed by atoms with Gasteiger partial charge < -0.3 is 14.7 Å². The van der Waals surface area contributed by atoms with Gasteiger partial charge >= 0.3 is 0 Å². The number of Topliss-reactive ketones (excluding diaryl/α,β-unsaturated/α-hetero) is 2. The Bertz CT molecular complexity index is 1310. The Morgan fingerprint density at radius 2 is 1.66 bits per heavy atom. The summed E-state index contributed by atoms with van der Waals surface area (Å²) in [4.78, 5) is 29.3. The number of fused-ring (bicyclic) bond motifs is 1. The molecule has 3 heterocycles. The summed E-state index contributed by atoms with van der Waals surface area (Å²) in [5, 5.41) is 12.4. The van der Waals surface area contributed by atoms with Crippen LogP contribution >= 0.6 is 0 Å². The van der Waals surface area contributed by atoms with Crippen LogP contribution in [0, 0.1) is 0 Å². The fraction of sp³-hybridized carbons (Fsp3) is 0.250. The average molecular weight is 384 g/mol. The maximum atomic E-state index is 13.0. The first-order chi connectivity index (χ1) is 14.1. The van der Waals surface area contributed by atoms with Crippen LogP contribution in [0.5, 0.6) is 0 Å². The minimum Gasteiger partial charge on any atom is -0.388 e. The van der Waals surface area contributed by atoms with Gasteiger partial charge in [-0.25, -0.2) is 0 Å². The van der Waals surface area contributed by atoms with E-state index in [-0.39, 0.29) is 18.0 Å². The lowest BCUT2D eigenvalue weighted by molar-refractivity contribution is -0.122. The summed E-state index contributed by atoms with van der Waals surface area (Å²) in [5.41, 5.74) is 4.67. The van der Waals surface area contributed by atoms with E-state index in [1.807, 2.05) is 54.9 Å².